The van der Waals surface area contributed by atoms with Crippen LogP contribution in [0.4, 0.5) is 0 Å². The van der Waals surface area contributed by atoms with E-state index in [1.54, 1.807) is 18.2 Å². The lowest BCUT2D eigenvalue weighted by atomic mass is 10.4. The zero-order valence-corrected chi connectivity index (χ0v) is 12.4. The molecule has 108 valence electrons. The molecule has 2 rings (SSSR count). The molecule has 0 aromatic heterocycles. The van der Waals surface area contributed by atoms with Crippen LogP contribution in [0, 0.1) is 0 Å². The molecule has 1 aliphatic rings. The van der Waals surface area contributed by atoms with Crippen LogP contribution in [0.3, 0.4) is 0 Å². The molecule has 0 saturated carbocycles. The summed E-state index contributed by atoms with van der Waals surface area (Å²) in [4.78, 5) is 15.4. The highest BCUT2D eigenvalue weighted by atomic mass is 33.2. The average molecular weight is 315 g/mol. The van der Waals surface area contributed by atoms with Crippen LogP contribution in [0.1, 0.15) is 13.8 Å². The molecule has 0 saturated heterocycles. The van der Waals surface area contributed by atoms with Gasteiger partial charge >= 0.3 is 15.1 Å². The number of aliphatic imine (C=N–C) groups is 1. The van der Waals surface area contributed by atoms with Crippen molar-refractivity contribution in [2.45, 2.75) is 18.7 Å². The Morgan fingerprint density at radius 3 is 2.20 bits per heavy atom. The number of hydrogen-bond acceptors (Lipinski definition) is 4. The van der Waals surface area contributed by atoms with Crippen LogP contribution < -0.4 is 0 Å². The van der Waals surface area contributed by atoms with Gasteiger partial charge in [-0.15, -0.1) is 0 Å². The zero-order chi connectivity index (χ0) is 15.1. The Hall–Kier alpha value is -1.64. The average Bonchev–Trinajstić information content (AvgIpc) is 2.61. The molecule has 8 heteroatoms. The lowest BCUT2D eigenvalue weighted by Gasteiger charge is -2.33. The van der Waals surface area contributed by atoms with Crippen molar-refractivity contribution >= 4 is 29.2 Å². The van der Waals surface area contributed by atoms with E-state index in [0.29, 0.717) is 0 Å². The van der Waals surface area contributed by atoms with Crippen LogP contribution in [0.15, 0.2) is 50.8 Å². The summed E-state index contributed by atoms with van der Waals surface area (Å²) in [5, 5.41) is 9.47. The summed E-state index contributed by atoms with van der Waals surface area (Å²) in [6.45, 7) is 2.85. The number of rotatable bonds is 3. The second kappa shape index (κ2) is 4.72. The Labute approximate surface area is 117 Å². The lowest BCUT2D eigenvalue weighted by molar-refractivity contribution is -0.131. The van der Waals surface area contributed by atoms with Gasteiger partial charge in [-0.05, 0) is 35.0 Å². The molecule has 1 atom stereocenters. The normalized spacial score (nSPS) is 26.1. The standard InChI is InChI=1S/C12H13NO5S2/c1-8-11(12(14)15)19(9(2)13-8,20(16,17)18)10-6-4-3-5-7-10/h3-7H,1-2H3,(H,14,15)(H,16,17,18). The summed E-state index contributed by atoms with van der Waals surface area (Å²) in [6.07, 6.45) is 0. The molecular weight excluding hydrogens is 302 g/mol. The van der Waals surface area contributed by atoms with Gasteiger partial charge in [-0.1, -0.05) is 18.2 Å². The topological polar surface area (TPSA) is 104 Å². The van der Waals surface area contributed by atoms with Gasteiger partial charge in [0.1, 0.15) is 4.91 Å². The van der Waals surface area contributed by atoms with Crippen LogP contribution in [-0.4, -0.2) is 29.1 Å². The molecule has 1 unspecified atom stereocenters. The van der Waals surface area contributed by atoms with E-state index in [4.69, 9.17) is 0 Å². The maximum Gasteiger partial charge on any atom is 0.344 e. The maximum absolute atomic E-state index is 12.0. The third-order valence-corrected chi connectivity index (χ3v) is 10.2. The first-order valence-corrected chi connectivity index (χ1v) is 9.17. The molecule has 1 heterocycles. The van der Waals surface area contributed by atoms with Gasteiger partial charge in [0.15, 0.2) is 0 Å². The van der Waals surface area contributed by atoms with Crippen LogP contribution in [-0.2, 0) is 13.9 Å². The molecule has 0 bridgehead atoms. The fraction of sp³-hybridized carbons (Fsp3) is 0.167. The number of nitrogens with zero attached hydrogens (tertiary/aromatic N) is 1. The van der Waals surface area contributed by atoms with Crippen molar-refractivity contribution < 1.29 is 22.9 Å². The van der Waals surface area contributed by atoms with E-state index in [1.807, 2.05) is 0 Å². The van der Waals surface area contributed by atoms with Crippen molar-refractivity contribution in [2.75, 3.05) is 0 Å². The molecule has 1 aromatic carbocycles. The van der Waals surface area contributed by atoms with Crippen molar-refractivity contribution in [3.8, 4) is 0 Å². The summed E-state index contributed by atoms with van der Waals surface area (Å²) in [5.74, 6) is -1.39. The van der Waals surface area contributed by atoms with Crippen LogP contribution in [0.5, 0.6) is 0 Å². The highest BCUT2D eigenvalue weighted by Gasteiger charge is 2.52. The molecule has 0 radical (unpaired) electrons. The molecule has 0 amide bonds. The van der Waals surface area contributed by atoms with E-state index in [-0.39, 0.29) is 20.5 Å². The fourth-order valence-electron chi connectivity index (χ4n) is 2.26. The SMILES string of the molecule is CC1=NC(C)=C(C(=O)O)S1(c1ccccc1)S(=O)(=O)O. The minimum atomic E-state index is -4.68. The summed E-state index contributed by atoms with van der Waals surface area (Å²) in [5.41, 5.74) is 0.103. The molecule has 6 nitrogen and oxygen atoms in total. The second-order valence-electron chi connectivity index (χ2n) is 4.15. The quantitative estimate of drug-likeness (QED) is 0.658. The van der Waals surface area contributed by atoms with E-state index in [0.717, 1.165) is 0 Å². The smallest absolute Gasteiger partial charge is 0.344 e. The molecular formula is C12H13NO5S2. The molecule has 1 aromatic rings. The van der Waals surface area contributed by atoms with Gasteiger partial charge in [0.05, 0.1) is 10.7 Å². The van der Waals surface area contributed by atoms with E-state index < -0.39 is 24.2 Å². The number of carboxylic acid groups (broad SMARTS) is 1. The Kier molecular flexibility index (Phi) is 3.49. The largest absolute Gasteiger partial charge is 0.477 e. The highest BCUT2D eigenvalue weighted by Crippen LogP contribution is 2.70. The first kappa shape index (κ1) is 14.8. The van der Waals surface area contributed by atoms with E-state index in [1.165, 1.54) is 26.0 Å². The van der Waals surface area contributed by atoms with Gasteiger partial charge in [0, 0.05) is 4.90 Å². The van der Waals surface area contributed by atoms with Gasteiger partial charge in [-0.2, -0.15) is 8.42 Å². The first-order valence-electron chi connectivity index (χ1n) is 5.58. The number of allylic oxidation sites excluding steroid dienone is 1. The minimum Gasteiger partial charge on any atom is -0.477 e. The molecule has 1 aliphatic heterocycles. The van der Waals surface area contributed by atoms with Gasteiger partial charge in [-0.25, -0.2) is 4.79 Å². The number of carbonyl (C=O) groups is 1. The van der Waals surface area contributed by atoms with Crippen molar-refractivity contribution in [2.24, 2.45) is 4.99 Å². The van der Waals surface area contributed by atoms with Gasteiger partial charge in [0.25, 0.3) is 0 Å². The van der Waals surface area contributed by atoms with Gasteiger partial charge in [-0.3, -0.25) is 9.55 Å². The fourth-order valence-corrected chi connectivity index (χ4v) is 8.71. The van der Waals surface area contributed by atoms with Crippen molar-refractivity contribution in [3.63, 3.8) is 0 Å². The van der Waals surface area contributed by atoms with Crippen LogP contribution in [0.25, 0.3) is 0 Å². The Morgan fingerprint density at radius 2 is 1.75 bits per heavy atom. The van der Waals surface area contributed by atoms with Gasteiger partial charge < -0.3 is 5.11 Å². The summed E-state index contributed by atoms with van der Waals surface area (Å²) in [6, 6.07) is 7.84. The van der Waals surface area contributed by atoms with Crippen molar-refractivity contribution in [3.05, 3.63) is 40.9 Å². The predicted octanol–water partition coefficient (Wildman–Crippen LogP) is 2.40. The Balaban J connectivity index is 2.93. The zero-order valence-electron chi connectivity index (χ0n) is 10.8. The molecule has 20 heavy (non-hydrogen) atoms. The first-order chi connectivity index (χ1) is 9.23. The highest BCUT2D eigenvalue weighted by molar-refractivity contribution is 8.96. The van der Waals surface area contributed by atoms with E-state index >= 15 is 0 Å². The second-order valence-corrected chi connectivity index (χ2v) is 10.3. The summed E-state index contributed by atoms with van der Waals surface area (Å²) >= 11 is 0. The number of benzene rings is 1. The molecule has 2 N–H and O–H groups in total. The summed E-state index contributed by atoms with van der Waals surface area (Å²) < 4.78 is 33.8. The van der Waals surface area contributed by atoms with Gasteiger partial charge in [0.2, 0.25) is 0 Å². The molecule has 0 aliphatic carbocycles. The third kappa shape index (κ3) is 1.88. The predicted molar refractivity (Wildman–Crippen MR) is 77.3 cm³/mol. The Bertz CT molecular complexity index is 736. The monoisotopic (exact) mass is 315 g/mol. The van der Waals surface area contributed by atoms with E-state index in [9.17, 15) is 22.9 Å². The minimum absolute atomic E-state index is 0.0982. The number of aliphatic carboxylic acids is 1. The third-order valence-electron chi connectivity index (χ3n) is 2.94. The van der Waals surface area contributed by atoms with E-state index in [2.05, 4.69) is 4.99 Å². The maximum atomic E-state index is 12.0. The van der Waals surface area contributed by atoms with Crippen LogP contribution in [0.2, 0.25) is 0 Å². The summed E-state index contributed by atoms with van der Waals surface area (Å²) in [7, 11) is -7.95. The number of carboxylic acids is 1. The lowest BCUT2D eigenvalue weighted by Crippen LogP contribution is -2.22. The van der Waals surface area contributed by atoms with Crippen molar-refractivity contribution in [1.29, 1.82) is 0 Å². The Morgan fingerprint density at radius 1 is 1.20 bits per heavy atom. The number of hydrogen-bond donors (Lipinski definition) is 2. The van der Waals surface area contributed by atoms with Crippen molar-refractivity contribution in [1.82, 2.24) is 0 Å². The molecule has 0 spiro atoms. The molecule has 0 fully saturated rings. The van der Waals surface area contributed by atoms with Crippen LogP contribution >= 0.6 is 9.06 Å².